The van der Waals surface area contributed by atoms with Crippen molar-refractivity contribution < 1.29 is 13.1 Å². The van der Waals surface area contributed by atoms with Crippen molar-refractivity contribution in [2.75, 3.05) is 0 Å². The van der Waals surface area contributed by atoms with E-state index in [1.54, 1.807) is 11.3 Å². The summed E-state index contributed by atoms with van der Waals surface area (Å²) in [5.74, 6) is 0. The van der Waals surface area contributed by atoms with Crippen molar-refractivity contribution in [1.82, 2.24) is 0 Å². The molecule has 1 heterocycles. The SMILES string of the molecule is Clc1ccc(N=Cc2ccc(C=Nc3ccc(Cl)cc3)s2)cc1.[Cl][Fe][Cl]. The van der Waals surface area contributed by atoms with Gasteiger partial charge >= 0.3 is 33.3 Å². The van der Waals surface area contributed by atoms with Gasteiger partial charge in [0.2, 0.25) is 0 Å². The molecule has 0 bridgehead atoms. The number of rotatable bonds is 4. The normalized spacial score (nSPS) is 11.1. The molecule has 2 aromatic carbocycles. The Morgan fingerprint density at radius 1 is 0.654 bits per heavy atom. The monoisotopic (exact) mass is 484 g/mol. The molecule has 0 radical (unpaired) electrons. The molecule has 2 nitrogen and oxygen atoms in total. The van der Waals surface area contributed by atoms with Gasteiger partial charge in [0.25, 0.3) is 0 Å². The van der Waals surface area contributed by atoms with Crippen LogP contribution < -0.4 is 0 Å². The molecule has 0 aliphatic heterocycles. The van der Waals surface area contributed by atoms with Crippen LogP contribution in [-0.2, 0) is 13.1 Å². The van der Waals surface area contributed by atoms with Gasteiger partial charge in [-0.1, -0.05) is 23.2 Å². The van der Waals surface area contributed by atoms with Gasteiger partial charge in [-0.05, 0) is 60.7 Å². The Balaban J connectivity index is 0.000000758. The summed E-state index contributed by atoms with van der Waals surface area (Å²) in [4.78, 5) is 11.0. The molecule has 0 amide bonds. The van der Waals surface area contributed by atoms with Crippen LogP contribution in [0, 0.1) is 0 Å². The van der Waals surface area contributed by atoms with Crippen molar-refractivity contribution >= 4 is 78.5 Å². The quantitative estimate of drug-likeness (QED) is 0.265. The van der Waals surface area contributed by atoms with E-state index in [2.05, 4.69) is 9.98 Å². The van der Waals surface area contributed by atoms with Crippen LogP contribution in [0.4, 0.5) is 11.4 Å². The van der Waals surface area contributed by atoms with Gasteiger partial charge < -0.3 is 0 Å². The van der Waals surface area contributed by atoms with Crippen molar-refractivity contribution in [2.45, 2.75) is 0 Å². The zero-order chi connectivity index (χ0) is 18.8. The second-order valence-electron chi connectivity index (χ2n) is 4.76. The minimum absolute atomic E-state index is 0.194. The number of thiophene rings is 1. The number of hydrogen-bond donors (Lipinski definition) is 0. The van der Waals surface area contributed by atoms with E-state index in [0.717, 1.165) is 21.1 Å². The van der Waals surface area contributed by atoms with Crippen LogP contribution in [0.15, 0.2) is 70.6 Å². The van der Waals surface area contributed by atoms with Crippen molar-refractivity contribution in [3.63, 3.8) is 0 Å². The van der Waals surface area contributed by atoms with Gasteiger partial charge in [0, 0.05) is 32.2 Å². The Bertz CT molecular complexity index is 792. The Morgan fingerprint density at radius 3 is 1.35 bits per heavy atom. The summed E-state index contributed by atoms with van der Waals surface area (Å²) in [6.45, 7) is 0. The first kappa shape index (κ1) is 21.5. The molecule has 0 spiro atoms. The molecule has 26 heavy (non-hydrogen) atoms. The molecule has 0 saturated carbocycles. The zero-order valence-corrected chi connectivity index (χ0v) is 18.0. The van der Waals surface area contributed by atoms with E-state index in [1.165, 1.54) is 0 Å². The fourth-order valence-electron chi connectivity index (χ4n) is 1.84. The summed E-state index contributed by atoms with van der Waals surface area (Å²) < 4.78 is 0. The number of halogens is 4. The first-order valence-corrected chi connectivity index (χ1v) is 11.8. The Kier molecular flexibility index (Phi) is 9.73. The van der Waals surface area contributed by atoms with Crippen molar-refractivity contribution in [1.29, 1.82) is 0 Å². The predicted octanol–water partition coefficient (Wildman–Crippen LogP) is 7.93. The molecule has 0 N–H and O–H groups in total. The fourth-order valence-corrected chi connectivity index (χ4v) is 2.84. The van der Waals surface area contributed by atoms with Gasteiger partial charge in [0.15, 0.2) is 0 Å². The summed E-state index contributed by atoms with van der Waals surface area (Å²) in [6.07, 6.45) is 3.68. The molecule has 1 aromatic heterocycles. The number of hydrogen-bond acceptors (Lipinski definition) is 3. The maximum atomic E-state index is 5.85. The second-order valence-corrected chi connectivity index (χ2v) is 8.60. The molecule has 0 fully saturated rings. The Hall–Kier alpha value is -0.841. The summed E-state index contributed by atoms with van der Waals surface area (Å²) in [7, 11) is 9.53. The van der Waals surface area contributed by atoms with Gasteiger partial charge in [0.1, 0.15) is 0 Å². The average molecular weight is 486 g/mol. The van der Waals surface area contributed by atoms with E-state index >= 15 is 0 Å². The van der Waals surface area contributed by atoms with Crippen LogP contribution >= 0.6 is 54.7 Å². The van der Waals surface area contributed by atoms with Crippen LogP contribution in [0.2, 0.25) is 10.0 Å². The molecule has 0 saturated heterocycles. The number of nitrogens with zero attached hydrogens (tertiary/aromatic N) is 2. The number of benzene rings is 2. The molecule has 8 heteroatoms. The first-order chi connectivity index (χ1) is 12.6. The summed E-state index contributed by atoms with van der Waals surface area (Å²) >= 11 is 13.5. The van der Waals surface area contributed by atoms with Crippen LogP contribution in [0.1, 0.15) is 9.75 Å². The van der Waals surface area contributed by atoms with E-state index < -0.39 is 0 Å². The molecular weight excluding hydrogens is 474 g/mol. The van der Waals surface area contributed by atoms with Crippen LogP contribution in [0.3, 0.4) is 0 Å². The predicted molar refractivity (Wildman–Crippen MR) is 113 cm³/mol. The second kappa shape index (κ2) is 11.8. The molecule has 3 rings (SSSR count). The molecule has 0 aliphatic rings. The standard InChI is InChI=1S/C18H12Cl2N2S.2ClH.Fe/c19-13-1-5-15(6-2-13)21-11-17-9-10-18(23-17)12-22-16-7-3-14(20)4-8-16;;;/h1-12H;2*1H;/q;;;+2/p-2. The zero-order valence-electron chi connectivity index (χ0n) is 13.1. The van der Waals surface area contributed by atoms with Gasteiger partial charge in [0.05, 0.1) is 11.4 Å². The van der Waals surface area contributed by atoms with E-state index in [4.69, 9.17) is 43.4 Å². The third-order valence-electron chi connectivity index (χ3n) is 2.98. The first-order valence-electron chi connectivity index (χ1n) is 7.15. The summed E-state index contributed by atoms with van der Waals surface area (Å²) in [5, 5.41) is 1.42. The van der Waals surface area contributed by atoms with E-state index in [1.807, 2.05) is 73.1 Å². The molecule has 0 aliphatic carbocycles. The fraction of sp³-hybridized carbons (Fsp3) is 0. The van der Waals surface area contributed by atoms with Gasteiger partial charge in [-0.15, -0.1) is 11.3 Å². The van der Waals surface area contributed by atoms with E-state index in [0.29, 0.717) is 10.0 Å². The van der Waals surface area contributed by atoms with Gasteiger partial charge in [-0.3, -0.25) is 9.98 Å². The third-order valence-corrected chi connectivity index (χ3v) is 4.44. The molecule has 0 unspecified atom stereocenters. The van der Waals surface area contributed by atoms with E-state index in [9.17, 15) is 0 Å². The van der Waals surface area contributed by atoms with Crippen LogP contribution in [0.5, 0.6) is 0 Å². The Labute approximate surface area is 181 Å². The van der Waals surface area contributed by atoms with Crippen molar-refractivity contribution in [2.24, 2.45) is 9.98 Å². The number of aliphatic imine (C=N–C) groups is 2. The summed E-state index contributed by atoms with van der Waals surface area (Å²) in [5.41, 5.74) is 1.75. The van der Waals surface area contributed by atoms with E-state index in [-0.39, 0.29) is 13.1 Å². The molecule has 3 aromatic rings. The van der Waals surface area contributed by atoms with Crippen molar-refractivity contribution in [3.05, 3.63) is 80.5 Å². The average Bonchev–Trinajstić information content (AvgIpc) is 3.09. The molecular formula is C18H12Cl4FeN2S. The topological polar surface area (TPSA) is 24.7 Å². The maximum absolute atomic E-state index is 5.85. The minimum atomic E-state index is 0.194. The van der Waals surface area contributed by atoms with Crippen LogP contribution in [0.25, 0.3) is 0 Å². The van der Waals surface area contributed by atoms with Crippen LogP contribution in [-0.4, -0.2) is 12.4 Å². The Morgan fingerprint density at radius 2 is 1.00 bits per heavy atom. The van der Waals surface area contributed by atoms with Crippen molar-refractivity contribution in [3.8, 4) is 0 Å². The van der Waals surface area contributed by atoms with Gasteiger partial charge in [-0.25, -0.2) is 0 Å². The molecule has 0 atom stereocenters. The third kappa shape index (κ3) is 7.81. The summed E-state index contributed by atoms with van der Waals surface area (Å²) in [6, 6.07) is 18.9. The van der Waals surface area contributed by atoms with Gasteiger partial charge in [-0.2, -0.15) is 0 Å². The molecule has 136 valence electrons.